The molecule has 158 valence electrons. The van der Waals surface area contributed by atoms with Gasteiger partial charge in [-0.25, -0.2) is 8.42 Å². The van der Waals surface area contributed by atoms with Gasteiger partial charge in [-0.1, -0.05) is 56.0 Å². The Kier molecular flexibility index (Phi) is 8.72. The van der Waals surface area contributed by atoms with E-state index >= 15 is 0 Å². The molecule has 1 unspecified atom stereocenters. The van der Waals surface area contributed by atoms with Gasteiger partial charge in [0.25, 0.3) is 0 Å². The summed E-state index contributed by atoms with van der Waals surface area (Å²) in [5.74, 6) is -0.339. The highest BCUT2D eigenvalue weighted by Gasteiger charge is 2.25. The molecule has 0 fully saturated rings. The molecular formula is C23H29ClO4S. The molecule has 0 heterocycles. The maximum Gasteiger partial charge on any atom is 0.305 e. The Hall–Kier alpha value is -1.85. The second-order valence-corrected chi connectivity index (χ2v) is 10.1. The molecule has 0 N–H and O–H groups in total. The molecule has 4 nitrogen and oxygen atoms in total. The first kappa shape index (κ1) is 23.4. The van der Waals surface area contributed by atoms with Gasteiger partial charge in [0, 0.05) is 11.4 Å². The Morgan fingerprint density at radius 2 is 1.76 bits per heavy atom. The third-order valence-corrected chi connectivity index (χ3v) is 7.29. The minimum absolute atomic E-state index is 0.140. The molecule has 0 bridgehead atoms. The van der Waals surface area contributed by atoms with Crippen LogP contribution in [-0.4, -0.2) is 26.2 Å². The third-order valence-electron chi connectivity index (χ3n) is 4.94. The number of hydrogen-bond donors (Lipinski definition) is 0. The second-order valence-electron chi connectivity index (χ2n) is 7.33. The van der Waals surface area contributed by atoms with Crippen molar-refractivity contribution in [1.29, 1.82) is 0 Å². The summed E-state index contributed by atoms with van der Waals surface area (Å²) in [7, 11) is -3.62. The Balaban J connectivity index is 2.09. The number of halogens is 1. The van der Waals surface area contributed by atoms with Gasteiger partial charge in [0.15, 0.2) is 9.84 Å². The van der Waals surface area contributed by atoms with E-state index in [1.54, 1.807) is 37.3 Å². The maximum atomic E-state index is 13.0. The Labute approximate surface area is 179 Å². The SMILES string of the molecule is CCCCCCC(=O)OCC(C)S(=O)(=O)c1ccc(C)c(-c2ccc(Cl)cc2)c1. The van der Waals surface area contributed by atoms with E-state index < -0.39 is 15.1 Å². The van der Waals surface area contributed by atoms with E-state index in [-0.39, 0.29) is 17.5 Å². The quantitative estimate of drug-likeness (QED) is 0.339. The highest BCUT2D eigenvalue weighted by atomic mass is 35.5. The topological polar surface area (TPSA) is 60.4 Å². The van der Waals surface area contributed by atoms with Crippen molar-refractivity contribution in [2.45, 2.75) is 63.0 Å². The summed E-state index contributed by atoms with van der Waals surface area (Å²) in [5, 5.41) is -0.192. The van der Waals surface area contributed by atoms with E-state index in [0.717, 1.165) is 42.4 Å². The van der Waals surface area contributed by atoms with Crippen LogP contribution < -0.4 is 0 Å². The minimum atomic E-state index is -3.62. The van der Waals surface area contributed by atoms with Crippen LogP contribution in [0.5, 0.6) is 0 Å². The van der Waals surface area contributed by atoms with Gasteiger partial charge in [0.2, 0.25) is 0 Å². The van der Waals surface area contributed by atoms with E-state index in [4.69, 9.17) is 16.3 Å². The first-order valence-corrected chi connectivity index (χ1v) is 11.9. The molecule has 6 heteroatoms. The fourth-order valence-electron chi connectivity index (χ4n) is 3.02. The van der Waals surface area contributed by atoms with Crippen molar-refractivity contribution in [2.24, 2.45) is 0 Å². The van der Waals surface area contributed by atoms with Gasteiger partial charge in [-0.3, -0.25) is 4.79 Å². The smallest absolute Gasteiger partial charge is 0.305 e. The Morgan fingerprint density at radius 3 is 2.41 bits per heavy atom. The molecule has 0 amide bonds. The van der Waals surface area contributed by atoms with Crippen LogP contribution in [0.1, 0.15) is 51.5 Å². The zero-order chi connectivity index (χ0) is 21.4. The standard InChI is InChI=1S/C23H29ClO4S/c1-4-5-6-7-8-23(25)28-16-18(3)29(26,27)21-14-9-17(2)22(15-21)19-10-12-20(24)13-11-19/h9-15,18H,4-8,16H2,1-3H3. The number of unbranched alkanes of at least 4 members (excludes halogenated alkanes) is 3. The lowest BCUT2D eigenvalue weighted by Gasteiger charge is -2.15. The largest absolute Gasteiger partial charge is 0.464 e. The predicted molar refractivity (Wildman–Crippen MR) is 118 cm³/mol. The van der Waals surface area contributed by atoms with Gasteiger partial charge < -0.3 is 4.74 Å². The van der Waals surface area contributed by atoms with Gasteiger partial charge in [-0.15, -0.1) is 0 Å². The fraction of sp³-hybridized carbons (Fsp3) is 0.435. The number of carbonyl (C=O) groups is 1. The van der Waals surface area contributed by atoms with Gasteiger partial charge in [0.1, 0.15) is 6.61 Å². The van der Waals surface area contributed by atoms with Crippen LogP contribution in [-0.2, 0) is 19.4 Å². The number of sulfone groups is 1. The van der Waals surface area contributed by atoms with E-state index in [1.807, 2.05) is 19.1 Å². The van der Waals surface area contributed by atoms with Crippen LogP contribution >= 0.6 is 11.6 Å². The fourth-order valence-corrected chi connectivity index (χ4v) is 4.40. The maximum absolute atomic E-state index is 13.0. The molecule has 0 aromatic heterocycles. The van der Waals surface area contributed by atoms with E-state index in [0.29, 0.717) is 11.4 Å². The molecule has 2 aromatic rings. The number of rotatable bonds is 10. The molecule has 2 rings (SSSR count). The van der Waals surface area contributed by atoms with Crippen LogP contribution in [0.2, 0.25) is 5.02 Å². The van der Waals surface area contributed by atoms with Crippen LogP contribution in [0.15, 0.2) is 47.4 Å². The van der Waals surface area contributed by atoms with Crippen molar-refractivity contribution < 1.29 is 17.9 Å². The molecule has 0 aliphatic rings. The molecule has 0 aliphatic carbocycles. The van der Waals surface area contributed by atoms with Gasteiger partial charge in [-0.2, -0.15) is 0 Å². The lowest BCUT2D eigenvalue weighted by atomic mass is 10.0. The van der Waals surface area contributed by atoms with Crippen molar-refractivity contribution in [3.8, 4) is 11.1 Å². The predicted octanol–water partition coefficient (Wildman–Crippen LogP) is 5.99. The van der Waals surface area contributed by atoms with E-state index in [9.17, 15) is 13.2 Å². The molecule has 0 saturated carbocycles. The molecule has 0 spiro atoms. The van der Waals surface area contributed by atoms with Crippen LogP contribution in [0.4, 0.5) is 0 Å². The van der Waals surface area contributed by atoms with E-state index in [1.165, 1.54) is 0 Å². The zero-order valence-electron chi connectivity index (χ0n) is 17.3. The first-order valence-electron chi connectivity index (χ1n) is 10.0. The summed E-state index contributed by atoms with van der Waals surface area (Å²) in [4.78, 5) is 12.1. The minimum Gasteiger partial charge on any atom is -0.464 e. The average Bonchev–Trinajstić information content (AvgIpc) is 2.70. The molecule has 2 aromatic carbocycles. The van der Waals surface area contributed by atoms with Crippen molar-refractivity contribution in [3.05, 3.63) is 53.1 Å². The third kappa shape index (κ3) is 6.58. The number of hydrogen-bond acceptors (Lipinski definition) is 4. The molecular weight excluding hydrogens is 408 g/mol. The van der Waals surface area contributed by atoms with Crippen molar-refractivity contribution >= 4 is 27.4 Å². The number of esters is 1. The number of benzene rings is 2. The number of carbonyl (C=O) groups excluding carboxylic acids is 1. The summed E-state index contributed by atoms with van der Waals surface area (Å²) in [5.41, 5.74) is 2.70. The highest BCUT2D eigenvalue weighted by molar-refractivity contribution is 7.92. The van der Waals surface area contributed by atoms with Gasteiger partial charge in [0.05, 0.1) is 10.1 Å². The van der Waals surface area contributed by atoms with Crippen molar-refractivity contribution in [3.63, 3.8) is 0 Å². The zero-order valence-corrected chi connectivity index (χ0v) is 18.9. The van der Waals surface area contributed by atoms with Crippen molar-refractivity contribution in [1.82, 2.24) is 0 Å². The highest BCUT2D eigenvalue weighted by Crippen LogP contribution is 2.29. The van der Waals surface area contributed by atoms with Gasteiger partial charge in [-0.05, 0) is 61.2 Å². The first-order chi connectivity index (χ1) is 13.8. The summed E-state index contributed by atoms with van der Waals surface area (Å²) in [6.45, 7) is 5.47. The number of ether oxygens (including phenoxy) is 1. The summed E-state index contributed by atoms with van der Waals surface area (Å²) < 4.78 is 31.2. The molecule has 0 radical (unpaired) electrons. The Morgan fingerprint density at radius 1 is 1.07 bits per heavy atom. The summed E-state index contributed by atoms with van der Waals surface area (Å²) >= 11 is 5.95. The van der Waals surface area contributed by atoms with Crippen LogP contribution in [0, 0.1) is 6.92 Å². The van der Waals surface area contributed by atoms with E-state index in [2.05, 4.69) is 6.92 Å². The van der Waals surface area contributed by atoms with Gasteiger partial charge >= 0.3 is 5.97 Å². The lowest BCUT2D eigenvalue weighted by molar-refractivity contribution is -0.143. The summed E-state index contributed by atoms with van der Waals surface area (Å²) in [6.07, 6.45) is 4.27. The molecule has 0 saturated heterocycles. The van der Waals surface area contributed by atoms with Crippen LogP contribution in [0.25, 0.3) is 11.1 Å². The Bertz CT molecular complexity index is 920. The normalized spacial score (nSPS) is 12.6. The lowest BCUT2D eigenvalue weighted by Crippen LogP contribution is -2.25. The molecule has 0 aliphatic heterocycles. The average molecular weight is 437 g/mol. The second kappa shape index (κ2) is 10.8. The van der Waals surface area contributed by atoms with Crippen molar-refractivity contribution in [2.75, 3.05) is 6.61 Å². The molecule has 29 heavy (non-hydrogen) atoms. The summed E-state index contributed by atoms with van der Waals surface area (Å²) in [6, 6.07) is 12.4. The molecule has 1 atom stereocenters. The van der Waals surface area contributed by atoms with Crippen LogP contribution in [0.3, 0.4) is 0 Å². The number of aryl methyl sites for hydroxylation is 1. The monoisotopic (exact) mass is 436 g/mol.